The molecule has 0 unspecified atom stereocenters. The molecule has 1 aliphatic carbocycles. The third kappa shape index (κ3) is 5.33. The summed E-state index contributed by atoms with van der Waals surface area (Å²) in [6.45, 7) is 2.75. The van der Waals surface area contributed by atoms with Crippen molar-refractivity contribution in [3.8, 4) is 0 Å². The summed E-state index contributed by atoms with van der Waals surface area (Å²) in [7, 11) is 1.70. The van der Waals surface area contributed by atoms with E-state index >= 15 is 0 Å². The molecule has 1 saturated carbocycles. The predicted molar refractivity (Wildman–Crippen MR) is 67.1 cm³/mol. The van der Waals surface area contributed by atoms with Crippen LogP contribution in [0.25, 0.3) is 0 Å². The van der Waals surface area contributed by atoms with E-state index in [0.717, 1.165) is 5.11 Å². The Labute approximate surface area is 98.0 Å². The Morgan fingerprint density at radius 3 is 2.67 bits per heavy atom. The average Bonchev–Trinajstić information content (AvgIpc) is 2.19. The number of ether oxygens (including phenoxy) is 1. The summed E-state index contributed by atoms with van der Waals surface area (Å²) in [6, 6.07) is 0.854. The van der Waals surface area contributed by atoms with Gasteiger partial charge in [-0.3, -0.25) is 0 Å². The van der Waals surface area contributed by atoms with E-state index < -0.39 is 0 Å². The number of rotatable bonds is 4. The van der Waals surface area contributed by atoms with E-state index in [-0.39, 0.29) is 6.04 Å². The zero-order valence-corrected chi connectivity index (χ0v) is 10.5. The summed E-state index contributed by atoms with van der Waals surface area (Å²) in [5, 5.41) is 7.37. The van der Waals surface area contributed by atoms with Crippen LogP contribution in [0.2, 0.25) is 0 Å². The van der Waals surface area contributed by atoms with Crippen molar-refractivity contribution < 1.29 is 4.74 Å². The van der Waals surface area contributed by atoms with Crippen molar-refractivity contribution >= 4 is 17.3 Å². The SMILES string of the molecule is COC[C@H](C)NC(=S)NC1CCCCC1. The van der Waals surface area contributed by atoms with E-state index in [1.54, 1.807) is 7.11 Å². The smallest absolute Gasteiger partial charge is 0.166 e. The topological polar surface area (TPSA) is 33.3 Å². The zero-order valence-electron chi connectivity index (χ0n) is 9.71. The zero-order chi connectivity index (χ0) is 11.1. The second-order valence-corrected chi connectivity index (χ2v) is 4.72. The molecule has 0 amide bonds. The van der Waals surface area contributed by atoms with Gasteiger partial charge in [0.2, 0.25) is 0 Å². The van der Waals surface area contributed by atoms with Crippen LogP contribution in [-0.4, -0.2) is 30.9 Å². The van der Waals surface area contributed by atoms with Crippen LogP contribution in [0.15, 0.2) is 0 Å². The van der Waals surface area contributed by atoms with Gasteiger partial charge in [-0.15, -0.1) is 0 Å². The van der Waals surface area contributed by atoms with Crippen molar-refractivity contribution in [3.05, 3.63) is 0 Å². The Morgan fingerprint density at radius 2 is 2.07 bits per heavy atom. The summed E-state index contributed by atoms with van der Waals surface area (Å²) in [4.78, 5) is 0. The molecule has 1 fully saturated rings. The number of hydrogen-bond donors (Lipinski definition) is 2. The fourth-order valence-corrected chi connectivity index (χ4v) is 2.36. The van der Waals surface area contributed by atoms with Crippen molar-refractivity contribution in [1.29, 1.82) is 0 Å². The maximum Gasteiger partial charge on any atom is 0.166 e. The normalized spacial score (nSPS) is 19.6. The highest BCUT2D eigenvalue weighted by molar-refractivity contribution is 7.80. The average molecular weight is 230 g/mol. The molecule has 0 aromatic heterocycles. The molecule has 0 aliphatic heterocycles. The summed E-state index contributed by atoms with van der Waals surface area (Å²) in [5.74, 6) is 0. The van der Waals surface area contributed by atoms with Crippen molar-refractivity contribution in [2.75, 3.05) is 13.7 Å². The molecule has 15 heavy (non-hydrogen) atoms. The first-order valence-electron chi connectivity index (χ1n) is 5.78. The fourth-order valence-electron chi connectivity index (χ4n) is 1.99. The van der Waals surface area contributed by atoms with Gasteiger partial charge in [-0.1, -0.05) is 19.3 Å². The van der Waals surface area contributed by atoms with Gasteiger partial charge in [0.1, 0.15) is 0 Å². The van der Waals surface area contributed by atoms with E-state index in [4.69, 9.17) is 17.0 Å². The molecule has 0 saturated heterocycles. The van der Waals surface area contributed by atoms with E-state index in [0.29, 0.717) is 12.6 Å². The second-order valence-electron chi connectivity index (χ2n) is 4.31. The van der Waals surface area contributed by atoms with Gasteiger partial charge in [-0.2, -0.15) is 0 Å². The van der Waals surface area contributed by atoms with E-state index in [1.807, 2.05) is 0 Å². The second kappa shape index (κ2) is 7.01. The Hall–Kier alpha value is -0.350. The van der Waals surface area contributed by atoms with Crippen LogP contribution < -0.4 is 10.6 Å². The number of hydrogen-bond acceptors (Lipinski definition) is 2. The minimum atomic E-state index is 0.276. The van der Waals surface area contributed by atoms with Gasteiger partial charge in [-0.25, -0.2) is 0 Å². The lowest BCUT2D eigenvalue weighted by Crippen LogP contribution is -2.46. The predicted octanol–water partition coefficient (Wildman–Crippen LogP) is 1.82. The van der Waals surface area contributed by atoms with Crippen LogP contribution in [0.1, 0.15) is 39.0 Å². The van der Waals surface area contributed by atoms with E-state index in [2.05, 4.69) is 17.6 Å². The molecule has 0 aromatic carbocycles. The molecule has 0 radical (unpaired) electrons. The lowest BCUT2D eigenvalue weighted by atomic mass is 9.96. The van der Waals surface area contributed by atoms with Gasteiger partial charge in [0.25, 0.3) is 0 Å². The molecular weight excluding hydrogens is 208 g/mol. The van der Waals surface area contributed by atoms with Crippen molar-refractivity contribution in [1.82, 2.24) is 10.6 Å². The molecule has 88 valence electrons. The number of nitrogens with one attached hydrogen (secondary N) is 2. The first kappa shape index (κ1) is 12.7. The Balaban J connectivity index is 2.16. The summed E-state index contributed by atoms with van der Waals surface area (Å²) in [6.07, 6.45) is 6.53. The van der Waals surface area contributed by atoms with E-state index in [1.165, 1.54) is 32.1 Å². The Morgan fingerprint density at radius 1 is 1.40 bits per heavy atom. The highest BCUT2D eigenvalue weighted by atomic mass is 32.1. The summed E-state index contributed by atoms with van der Waals surface area (Å²) >= 11 is 5.25. The number of thiocarbonyl (C=S) groups is 1. The standard InChI is InChI=1S/C11H22N2OS/c1-9(8-14-2)12-11(15)13-10-6-4-3-5-7-10/h9-10H,3-8H2,1-2H3,(H2,12,13,15)/t9-/m0/s1. The van der Waals surface area contributed by atoms with Crippen molar-refractivity contribution in [2.24, 2.45) is 0 Å². The van der Waals surface area contributed by atoms with Crippen LogP contribution in [0.3, 0.4) is 0 Å². The Bertz CT molecular complexity index is 193. The number of methoxy groups -OCH3 is 1. The van der Waals surface area contributed by atoms with Crippen molar-refractivity contribution in [3.63, 3.8) is 0 Å². The quantitative estimate of drug-likeness (QED) is 0.722. The van der Waals surface area contributed by atoms with Crippen LogP contribution in [0, 0.1) is 0 Å². The first-order chi connectivity index (χ1) is 7.22. The molecular formula is C11H22N2OS. The summed E-state index contributed by atoms with van der Waals surface area (Å²) < 4.78 is 5.04. The van der Waals surface area contributed by atoms with E-state index in [9.17, 15) is 0 Å². The van der Waals surface area contributed by atoms with Crippen LogP contribution >= 0.6 is 12.2 Å². The molecule has 4 heteroatoms. The molecule has 1 rings (SSSR count). The fraction of sp³-hybridized carbons (Fsp3) is 0.909. The maximum absolute atomic E-state index is 5.25. The molecule has 1 aliphatic rings. The Kier molecular flexibility index (Phi) is 5.95. The van der Waals surface area contributed by atoms with Crippen LogP contribution in [0.5, 0.6) is 0 Å². The minimum absolute atomic E-state index is 0.276. The molecule has 0 aromatic rings. The third-order valence-electron chi connectivity index (χ3n) is 2.73. The third-order valence-corrected chi connectivity index (χ3v) is 2.97. The molecule has 3 nitrogen and oxygen atoms in total. The van der Waals surface area contributed by atoms with Gasteiger partial charge < -0.3 is 15.4 Å². The van der Waals surface area contributed by atoms with Crippen LogP contribution in [-0.2, 0) is 4.74 Å². The van der Waals surface area contributed by atoms with Crippen LogP contribution in [0.4, 0.5) is 0 Å². The lowest BCUT2D eigenvalue weighted by molar-refractivity contribution is 0.179. The molecule has 0 spiro atoms. The highest BCUT2D eigenvalue weighted by Crippen LogP contribution is 2.17. The highest BCUT2D eigenvalue weighted by Gasteiger charge is 2.14. The lowest BCUT2D eigenvalue weighted by Gasteiger charge is -2.25. The minimum Gasteiger partial charge on any atom is -0.383 e. The van der Waals surface area contributed by atoms with Gasteiger partial charge in [0.05, 0.1) is 6.61 Å². The maximum atomic E-state index is 5.25. The van der Waals surface area contributed by atoms with Gasteiger partial charge in [-0.05, 0) is 32.0 Å². The van der Waals surface area contributed by atoms with Gasteiger partial charge in [0.15, 0.2) is 5.11 Å². The summed E-state index contributed by atoms with van der Waals surface area (Å²) in [5.41, 5.74) is 0. The van der Waals surface area contributed by atoms with Crippen molar-refractivity contribution in [2.45, 2.75) is 51.1 Å². The molecule has 2 N–H and O–H groups in total. The molecule has 1 atom stereocenters. The monoisotopic (exact) mass is 230 g/mol. The first-order valence-corrected chi connectivity index (χ1v) is 6.19. The largest absolute Gasteiger partial charge is 0.383 e. The van der Waals surface area contributed by atoms with Gasteiger partial charge in [0, 0.05) is 19.2 Å². The molecule has 0 bridgehead atoms. The molecule has 0 heterocycles. The van der Waals surface area contributed by atoms with Gasteiger partial charge >= 0.3 is 0 Å².